The standard InChI is InChI=1S/C19H28O4.C3H6/c1-4-5-6-7-15-17(20)11-16(13(3)18(15)21)14-8-9-19(22,23)12(2)10-14;1-3-2/h10-11,14,20-23H,4-9H2,1-3H3;3H,1H2,2H3. The monoisotopic (exact) mass is 362 g/mol. The zero-order valence-corrected chi connectivity index (χ0v) is 16.5. The summed E-state index contributed by atoms with van der Waals surface area (Å²) in [6.07, 6.45) is 8.16. The SMILES string of the molecule is C=CC.CCCCCc1c(O)cc(C2C=C(C)C(O)(O)CC2)c(C)c1O. The van der Waals surface area contributed by atoms with Gasteiger partial charge in [0, 0.05) is 17.9 Å². The Morgan fingerprint density at radius 2 is 1.85 bits per heavy atom. The van der Waals surface area contributed by atoms with Crippen LogP contribution in [0.15, 0.2) is 30.4 Å². The van der Waals surface area contributed by atoms with Crippen molar-refractivity contribution in [3.05, 3.63) is 47.1 Å². The van der Waals surface area contributed by atoms with E-state index in [1.54, 1.807) is 19.1 Å². The first-order valence-electron chi connectivity index (χ1n) is 9.44. The fourth-order valence-electron chi connectivity index (χ4n) is 3.33. The first-order valence-corrected chi connectivity index (χ1v) is 9.44. The lowest BCUT2D eigenvalue weighted by atomic mass is 9.80. The van der Waals surface area contributed by atoms with Gasteiger partial charge in [-0.25, -0.2) is 0 Å². The number of phenolic OH excluding ortho intramolecular Hbond substituents is 2. The van der Waals surface area contributed by atoms with Crippen LogP contribution in [-0.2, 0) is 6.42 Å². The van der Waals surface area contributed by atoms with Crippen LogP contribution in [0, 0.1) is 6.92 Å². The van der Waals surface area contributed by atoms with E-state index in [-0.39, 0.29) is 23.8 Å². The van der Waals surface area contributed by atoms with Crippen molar-refractivity contribution in [3.63, 3.8) is 0 Å². The third-order valence-electron chi connectivity index (χ3n) is 4.99. The van der Waals surface area contributed by atoms with Gasteiger partial charge in [0.1, 0.15) is 11.5 Å². The third kappa shape index (κ3) is 5.36. The van der Waals surface area contributed by atoms with Gasteiger partial charge in [0.25, 0.3) is 0 Å². The lowest BCUT2D eigenvalue weighted by Gasteiger charge is -2.31. The summed E-state index contributed by atoms with van der Waals surface area (Å²) < 4.78 is 0. The molecule has 1 aliphatic rings. The molecule has 1 atom stereocenters. The quantitative estimate of drug-likeness (QED) is 0.343. The third-order valence-corrected chi connectivity index (χ3v) is 4.99. The molecule has 146 valence electrons. The predicted molar refractivity (Wildman–Crippen MR) is 107 cm³/mol. The van der Waals surface area contributed by atoms with Crippen LogP contribution in [0.4, 0.5) is 0 Å². The molecule has 0 amide bonds. The molecule has 4 N–H and O–H groups in total. The number of aromatic hydroxyl groups is 2. The molecule has 26 heavy (non-hydrogen) atoms. The van der Waals surface area contributed by atoms with E-state index in [1.807, 2.05) is 19.9 Å². The van der Waals surface area contributed by atoms with Crippen LogP contribution in [0.5, 0.6) is 11.5 Å². The molecule has 4 nitrogen and oxygen atoms in total. The summed E-state index contributed by atoms with van der Waals surface area (Å²) in [6, 6.07) is 1.73. The number of benzene rings is 1. The van der Waals surface area contributed by atoms with Crippen LogP contribution < -0.4 is 0 Å². The molecule has 0 saturated heterocycles. The Morgan fingerprint density at radius 1 is 1.23 bits per heavy atom. The topological polar surface area (TPSA) is 80.9 Å². The summed E-state index contributed by atoms with van der Waals surface area (Å²) in [5.41, 5.74) is 2.76. The van der Waals surface area contributed by atoms with Gasteiger partial charge in [-0.1, -0.05) is 31.9 Å². The summed E-state index contributed by atoms with van der Waals surface area (Å²) in [4.78, 5) is 0. The molecular weight excluding hydrogens is 328 g/mol. The Hall–Kier alpha value is -1.78. The van der Waals surface area contributed by atoms with E-state index >= 15 is 0 Å². The lowest BCUT2D eigenvalue weighted by molar-refractivity contribution is -0.137. The minimum absolute atomic E-state index is 0.0242. The second-order valence-electron chi connectivity index (χ2n) is 7.11. The number of aliphatic hydroxyl groups is 2. The Kier molecular flexibility index (Phi) is 8.38. The Morgan fingerprint density at radius 3 is 2.38 bits per heavy atom. The molecule has 0 bridgehead atoms. The minimum Gasteiger partial charge on any atom is -0.508 e. The molecule has 0 heterocycles. The van der Waals surface area contributed by atoms with E-state index in [0.717, 1.165) is 30.4 Å². The maximum atomic E-state index is 10.5. The maximum absolute atomic E-state index is 10.5. The minimum atomic E-state index is -1.74. The van der Waals surface area contributed by atoms with Gasteiger partial charge >= 0.3 is 0 Å². The van der Waals surface area contributed by atoms with Crippen LogP contribution >= 0.6 is 0 Å². The van der Waals surface area contributed by atoms with Crippen LogP contribution in [0.3, 0.4) is 0 Å². The van der Waals surface area contributed by atoms with Gasteiger partial charge in [-0.15, -0.1) is 6.58 Å². The van der Waals surface area contributed by atoms with Crippen molar-refractivity contribution in [2.24, 2.45) is 0 Å². The maximum Gasteiger partial charge on any atom is 0.185 e. The molecule has 0 fully saturated rings. The molecule has 1 aromatic carbocycles. The second kappa shape index (κ2) is 9.79. The molecule has 0 spiro atoms. The van der Waals surface area contributed by atoms with Gasteiger partial charge in [-0.05, 0) is 62.8 Å². The number of hydrogen-bond acceptors (Lipinski definition) is 4. The highest BCUT2D eigenvalue weighted by atomic mass is 16.5. The Bertz CT molecular complexity index is 644. The van der Waals surface area contributed by atoms with Crippen LogP contribution in [0.25, 0.3) is 0 Å². The highest BCUT2D eigenvalue weighted by molar-refractivity contribution is 5.54. The molecule has 0 radical (unpaired) electrons. The van der Waals surface area contributed by atoms with Crippen LogP contribution in [-0.4, -0.2) is 26.2 Å². The average molecular weight is 363 g/mol. The summed E-state index contributed by atoms with van der Waals surface area (Å²) >= 11 is 0. The molecule has 0 aromatic heterocycles. The number of phenols is 2. The van der Waals surface area contributed by atoms with Gasteiger partial charge < -0.3 is 20.4 Å². The van der Waals surface area contributed by atoms with Crippen molar-refractivity contribution in [3.8, 4) is 11.5 Å². The number of unbranched alkanes of at least 4 members (excludes halogenated alkanes) is 2. The largest absolute Gasteiger partial charge is 0.508 e. The van der Waals surface area contributed by atoms with E-state index in [2.05, 4.69) is 13.5 Å². The zero-order valence-electron chi connectivity index (χ0n) is 16.5. The summed E-state index contributed by atoms with van der Waals surface area (Å²) in [5.74, 6) is -1.46. The fourth-order valence-corrected chi connectivity index (χ4v) is 3.33. The van der Waals surface area contributed by atoms with Crippen molar-refractivity contribution >= 4 is 0 Å². The van der Waals surface area contributed by atoms with Gasteiger partial charge in [-0.3, -0.25) is 0 Å². The highest BCUT2D eigenvalue weighted by Crippen LogP contribution is 2.42. The molecular formula is C22H34O4. The van der Waals surface area contributed by atoms with Crippen molar-refractivity contribution in [2.75, 3.05) is 0 Å². The lowest BCUT2D eigenvalue weighted by Crippen LogP contribution is -2.33. The zero-order chi connectivity index (χ0) is 19.9. The normalized spacial score (nSPS) is 18.5. The van der Waals surface area contributed by atoms with E-state index in [1.165, 1.54) is 0 Å². The molecule has 1 aliphatic carbocycles. The molecule has 1 aromatic rings. The molecule has 4 heteroatoms. The van der Waals surface area contributed by atoms with E-state index in [4.69, 9.17) is 0 Å². The van der Waals surface area contributed by atoms with Crippen molar-refractivity contribution < 1.29 is 20.4 Å². The van der Waals surface area contributed by atoms with E-state index in [9.17, 15) is 20.4 Å². The predicted octanol–water partition coefficient (Wildman–Crippen LogP) is 4.84. The molecule has 0 saturated carbocycles. The smallest absolute Gasteiger partial charge is 0.185 e. The van der Waals surface area contributed by atoms with Gasteiger partial charge in [0.15, 0.2) is 5.79 Å². The van der Waals surface area contributed by atoms with Crippen LogP contribution in [0.2, 0.25) is 0 Å². The van der Waals surface area contributed by atoms with Crippen molar-refractivity contribution in [1.29, 1.82) is 0 Å². The fraction of sp³-hybridized carbons (Fsp3) is 0.545. The van der Waals surface area contributed by atoms with E-state index < -0.39 is 5.79 Å². The Balaban J connectivity index is 0.00000105. The summed E-state index contributed by atoms with van der Waals surface area (Å²) in [7, 11) is 0. The second-order valence-corrected chi connectivity index (χ2v) is 7.11. The van der Waals surface area contributed by atoms with Crippen LogP contribution in [0.1, 0.15) is 75.5 Å². The molecule has 1 unspecified atom stereocenters. The first kappa shape index (κ1) is 22.3. The van der Waals surface area contributed by atoms with Crippen molar-refractivity contribution in [2.45, 2.75) is 77.9 Å². The highest BCUT2D eigenvalue weighted by Gasteiger charge is 2.32. The Labute approximate surface area is 157 Å². The van der Waals surface area contributed by atoms with Crippen molar-refractivity contribution in [1.82, 2.24) is 0 Å². The number of rotatable bonds is 5. The first-order chi connectivity index (χ1) is 12.2. The van der Waals surface area contributed by atoms with Gasteiger partial charge in [-0.2, -0.15) is 0 Å². The van der Waals surface area contributed by atoms with Gasteiger partial charge in [0.05, 0.1) is 0 Å². The number of allylic oxidation sites excluding steroid dienone is 2. The van der Waals surface area contributed by atoms with E-state index in [0.29, 0.717) is 24.0 Å². The molecule has 0 aliphatic heterocycles. The molecule has 2 rings (SSSR count). The summed E-state index contributed by atoms with van der Waals surface area (Å²) in [6.45, 7) is 10.9. The average Bonchev–Trinajstić information content (AvgIpc) is 2.57. The van der Waals surface area contributed by atoms with Gasteiger partial charge in [0.2, 0.25) is 0 Å². The summed E-state index contributed by atoms with van der Waals surface area (Å²) in [5, 5.41) is 40.5. The number of hydrogen-bond donors (Lipinski definition) is 4.